The molecular weight excluding hydrogens is 104 g/mol. The number of carbonyl (C=O) groups is 1. The van der Waals surface area contributed by atoms with E-state index in [9.17, 15) is 4.79 Å². The number of rotatable bonds is 1. The summed E-state index contributed by atoms with van der Waals surface area (Å²) in [7, 11) is 0. The van der Waals surface area contributed by atoms with Crippen molar-refractivity contribution in [1.82, 2.24) is 0 Å². The average Bonchev–Trinajstić information content (AvgIpc) is 1.66. The Balaban J connectivity index is 3.61. The highest BCUT2D eigenvalue weighted by atomic mass is 16.5. The molecule has 0 spiro atoms. The number of hydrogen-bond donors (Lipinski definition) is 0. The summed E-state index contributed by atoms with van der Waals surface area (Å²) in [5, 5.41) is 0. The van der Waals surface area contributed by atoms with Crippen LogP contribution < -0.4 is 0 Å². The molecular formula is C6H6O2. The molecule has 0 aromatic rings. The van der Waals surface area contributed by atoms with Crippen molar-refractivity contribution < 1.29 is 9.53 Å². The molecule has 0 heterocycles. The van der Waals surface area contributed by atoms with Gasteiger partial charge in [0.25, 0.3) is 0 Å². The summed E-state index contributed by atoms with van der Waals surface area (Å²) in [6.07, 6.45) is 1.11. The van der Waals surface area contributed by atoms with Crippen LogP contribution in [-0.2, 0) is 9.53 Å². The third-order valence-electron chi connectivity index (χ3n) is 0.386. The Labute approximate surface area is 47.8 Å². The van der Waals surface area contributed by atoms with Gasteiger partial charge in [-0.3, -0.25) is 4.79 Å². The van der Waals surface area contributed by atoms with E-state index in [0.717, 1.165) is 6.26 Å². The van der Waals surface area contributed by atoms with Gasteiger partial charge in [0.05, 0.1) is 0 Å². The van der Waals surface area contributed by atoms with Crippen LogP contribution in [0.5, 0.6) is 0 Å². The maximum atomic E-state index is 9.98. The molecule has 0 bridgehead atoms. The highest BCUT2D eigenvalue weighted by molar-refractivity contribution is 5.66. The molecule has 8 heavy (non-hydrogen) atoms. The number of hydrogen-bond acceptors (Lipinski definition) is 2. The number of carbonyl (C=O) groups excluding carboxylic acids is 1. The minimum absolute atomic E-state index is 0.368. The van der Waals surface area contributed by atoms with Crippen LogP contribution in [0.1, 0.15) is 6.92 Å². The molecule has 0 radical (unpaired) electrons. The maximum absolute atomic E-state index is 9.98. The highest BCUT2D eigenvalue weighted by Gasteiger charge is 1.80. The second-order valence-electron chi connectivity index (χ2n) is 1.05. The van der Waals surface area contributed by atoms with Crippen LogP contribution in [0.3, 0.4) is 0 Å². The lowest BCUT2D eigenvalue weighted by Gasteiger charge is -1.82. The van der Waals surface area contributed by atoms with Crippen molar-refractivity contribution in [3.8, 4) is 0 Å². The van der Waals surface area contributed by atoms with Crippen molar-refractivity contribution in [3.63, 3.8) is 0 Å². The van der Waals surface area contributed by atoms with Gasteiger partial charge in [-0.1, -0.05) is 5.73 Å². The summed E-state index contributed by atoms with van der Waals surface area (Å²) in [4.78, 5) is 9.98. The zero-order chi connectivity index (χ0) is 6.41. The van der Waals surface area contributed by atoms with E-state index in [1.54, 1.807) is 0 Å². The van der Waals surface area contributed by atoms with Gasteiger partial charge in [-0.15, -0.1) is 0 Å². The third-order valence-corrected chi connectivity index (χ3v) is 0.386. The molecule has 42 valence electrons. The van der Waals surface area contributed by atoms with E-state index in [2.05, 4.69) is 22.8 Å². The Morgan fingerprint density at radius 2 is 2.50 bits per heavy atom. The summed E-state index contributed by atoms with van der Waals surface area (Å²) >= 11 is 0. The van der Waals surface area contributed by atoms with E-state index < -0.39 is 0 Å². The molecule has 0 rings (SSSR count). The van der Waals surface area contributed by atoms with Crippen molar-refractivity contribution in [2.45, 2.75) is 6.92 Å². The fourth-order valence-electron chi connectivity index (χ4n) is 0.154. The lowest BCUT2D eigenvalue weighted by molar-refractivity contribution is -0.135. The van der Waals surface area contributed by atoms with Gasteiger partial charge in [-0.05, 0) is 12.3 Å². The SMILES string of the molecule is C=C=C=COC(C)=O. The van der Waals surface area contributed by atoms with Crippen LogP contribution in [0.2, 0.25) is 0 Å². The predicted octanol–water partition coefficient (Wildman–Crippen LogP) is 1.00. The smallest absolute Gasteiger partial charge is 0.308 e. The highest BCUT2D eigenvalue weighted by Crippen LogP contribution is 1.72. The fourth-order valence-corrected chi connectivity index (χ4v) is 0.154. The molecule has 0 saturated carbocycles. The van der Waals surface area contributed by atoms with Crippen molar-refractivity contribution in [2.24, 2.45) is 0 Å². The van der Waals surface area contributed by atoms with Gasteiger partial charge in [0, 0.05) is 6.92 Å². The third kappa shape index (κ3) is 4.77. The molecule has 0 N–H and O–H groups in total. The Morgan fingerprint density at radius 3 is 2.88 bits per heavy atom. The minimum atomic E-state index is -0.368. The van der Waals surface area contributed by atoms with E-state index in [1.807, 2.05) is 0 Å². The van der Waals surface area contributed by atoms with Gasteiger partial charge in [0.1, 0.15) is 6.26 Å². The lowest BCUT2D eigenvalue weighted by atomic mass is 10.8. The van der Waals surface area contributed by atoms with E-state index in [1.165, 1.54) is 6.92 Å². The maximum Gasteiger partial charge on any atom is 0.308 e. The zero-order valence-corrected chi connectivity index (χ0v) is 4.60. The van der Waals surface area contributed by atoms with E-state index in [0.29, 0.717) is 0 Å². The molecule has 2 heteroatoms. The zero-order valence-electron chi connectivity index (χ0n) is 4.60. The van der Waals surface area contributed by atoms with Gasteiger partial charge in [0.15, 0.2) is 0 Å². The van der Waals surface area contributed by atoms with Gasteiger partial charge >= 0.3 is 5.97 Å². The second-order valence-corrected chi connectivity index (χ2v) is 1.05. The molecule has 0 atom stereocenters. The Morgan fingerprint density at radius 1 is 1.88 bits per heavy atom. The average molecular weight is 110 g/mol. The molecule has 0 saturated heterocycles. The largest absolute Gasteiger partial charge is 0.425 e. The molecule has 0 fully saturated rings. The second kappa shape index (κ2) is 3.94. The quantitative estimate of drug-likeness (QED) is 0.286. The molecule has 0 aromatic heterocycles. The topological polar surface area (TPSA) is 26.3 Å². The molecule has 0 aliphatic rings. The monoisotopic (exact) mass is 110 g/mol. The van der Waals surface area contributed by atoms with E-state index in [4.69, 9.17) is 0 Å². The minimum Gasteiger partial charge on any atom is -0.425 e. The first-order valence-corrected chi connectivity index (χ1v) is 2.04. The van der Waals surface area contributed by atoms with Crippen molar-refractivity contribution in [1.29, 1.82) is 0 Å². The van der Waals surface area contributed by atoms with Crippen molar-refractivity contribution in [3.05, 3.63) is 24.3 Å². The van der Waals surface area contributed by atoms with Gasteiger partial charge in [-0.2, -0.15) is 0 Å². The standard InChI is InChI=1S/C6H6O2/c1-3-4-5-8-6(2)7/h5H,1H2,2H3. The summed E-state index contributed by atoms with van der Waals surface area (Å²) in [6.45, 7) is 4.51. The predicted molar refractivity (Wildman–Crippen MR) is 29.0 cm³/mol. The Kier molecular flexibility index (Phi) is 3.34. The van der Waals surface area contributed by atoms with Crippen molar-refractivity contribution in [2.75, 3.05) is 0 Å². The fraction of sp³-hybridized carbons (Fsp3) is 0.167. The van der Waals surface area contributed by atoms with E-state index >= 15 is 0 Å². The number of ether oxygens (including phenoxy) is 1. The first kappa shape index (κ1) is 6.77. The Hall–Kier alpha value is -1.23. The van der Waals surface area contributed by atoms with Crippen LogP contribution in [0.4, 0.5) is 0 Å². The van der Waals surface area contributed by atoms with Crippen LogP contribution in [0.15, 0.2) is 24.3 Å². The van der Waals surface area contributed by atoms with Crippen LogP contribution in [0, 0.1) is 0 Å². The van der Waals surface area contributed by atoms with Gasteiger partial charge in [0.2, 0.25) is 0 Å². The number of esters is 1. The van der Waals surface area contributed by atoms with Crippen LogP contribution >= 0.6 is 0 Å². The molecule has 0 unspecified atom stereocenters. The van der Waals surface area contributed by atoms with Crippen LogP contribution in [-0.4, -0.2) is 5.97 Å². The molecule has 0 aliphatic heterocycles. The summed E-state index contributed by atoms with van der Waals surface area (Å²) < 4.78 is 4.30. The van der Waals surface area contributed by atoms with Crippen molar-refractivity contribution >= 4 is 5.97 Å². The van der Waals surface area contributed by atoms with Crippen LogP contribution in [0.25, 0.3) is 0 Å². The lowest BCUT2D eigenvalue weighted by Crippen LogP contribution is -1.87. The summed E-state index contributed by atoms with van der Waals surface area (Å²) in [5.41, 5.74) is 4.64. The summed E-state index contributed by atoms with van der Waals surface area (Å²) in [6, 6.07) is 0. The normalized spacial score (nSPS) is 6.12. The first-order chi connectivity index (χ1) is 3.77. The Bertz CT molecular complexity index is 157. The van der Waals surface area contributed by atoms with E-state index in [-0.39, 0.29) is 5.97 Å². The molecule has 0 aromatic carbocycles. The van der Waals surface area contributed by atoms with Gasteiger partial charge < -0.3 is 4.74 Å². The summed E-state index contributed by atoms with van der Waals surface area (Å²) in [5.74, 6) is -0.368. The molecule has 0 amide bonds. The first-order valence-electron chi connectivity index (χ1n) is 2.04. The van der Waals surface area contributed by atoms with Gasteiger partial charge in [-0.25, -0.2) is 0 Å². The molecule has 0 aliphatic carbocycles. The molecule has 2 nitrogen and oxygen atoms in total.